The molecule has 0 heterocycles. The van der Waals surface area contributed by atoms with Crippen LogP contribution < -0.4 is 29.6 Å². The molecule has 8 heteroatoms. The number of benzene rings is 3. The van der Waals surface area contributed by atoms with Crippen LogP contribution in [0.2, 0.25) is 0 Å². The van der Waals surface area contributed by atoms with Gasteiger partial charge >= 0.3 is 0 Å². The van der Waals surface area contributed by atoms with E-state index in [-0.39, 0.29) is 11.8 Å². The third kappa shape index (κ3) is 6.91. The Kier molecular flexibility index (Phi) is 9.16. The molecule has 36 heavy (non-hydrogen) atoms. The second-order valence-corrected chi connectivity index (χ2v) is 8.46. The highest BCUT2D eigenvalue weighted by Gasteiger charge is 2.21. The van der Waals surface area contributed by atoms with Crippen molar-refractivity contribution in [3.05, 3.63) is 83.4 Å². The molecule has 0 aliphatic carbocycles. The van der Waals surface area contributed by atoms with Crippen molar-refractivity contribution in [1.82, 2.24) is 10.6 Å². The highest BCUT2D eigenvalue weighted by molar-refractivity contribution is 5.97. The molecule has 0 aliphatic rings. The van der Waals surface area contributed by atoms with E-state index in [0.717, 1.165) is 0 Å². The van der Waals surface area contributed by atoms with Gasteiger partial charge < -0.3 is 29.6 Å². The summed E-state index contributed by atoms with van der Waals surface area (Å²) in [5.41, 5.74) is 1.38. The Bertz CT molecular complexity index is 1130. The number of rotatable bonds is 11. The summed E-state index contributed by atoms with van der Waals surface area (Å²) in [5, 5.41) is 5.79. The fourth-order valence-electron chi connectivity index (χ4n) is 3.40. The Labute approximate surface area is 211 Å². The van der Waals surface area contributed by atoms with Crippen LogP contribution in [-0.2, 0) is 0 Å². The Morgan fingerprint density at radius 1 is 0.722 bits per heavy atom. The lowest BCUT2D eigenvalue weighted by molar-refractivity contribution is 0.0882. The summed E-state index contributed by atoms with van der Waals surface area (Å²) < 4.78 is 21.8. The average molecular weight is 493 g/mol. The minimum atomic E-state index is -0.865. The van der Waals surface area contributed by atoms with Crippen molar-refractivity contribution < 1.29 is 28.5 Å². The molecule has 2 amide bonds. The van der Waals surface area contributed by atoms with Crippen LogP contribution >= 0.6 is 0 Å². The first-order valence-electron chi connectivity index (χ1n) is 11.5. The summed E-state index contributed by atoms with van der Waals surface area (Å²) in [7, 11) is 4.60. The molecule has 3 aromatic carbocycles. The standard InChI is InChI=1S/C28H32N2O6/c1-18(2)17-36-24-13-12-19(16-25(24)35-5)26(29-27(31)20-8-6-10-22(14-20)33-3)30-28(32)21-9-7-11-23(15-21)34-4/h6-16,18,26H,17H2,1-5H3,(H,29,31)(H,30,32). The zero-order valence-corrected chi connectivity index (χ0v) is 21.2. The first-order chi connectivity index (χ1) is 17.3. The van der Waals surface area contributed by atoms with Gasteiger partial charge in [-0.2, -0.15) is 0 Å². The van der Waals surface area contributed by atoms with Gasteiger partial charge in [0.2, 0.25) is 0 Å². The number of methoxy groups -OCH3 is 3. The van der Waals surface area contributed by atoms with Crippen LogP contribution in [0.3, 0.4) is 0 Å². The van der Waals surface area contributed by atoms with Gasteiger partial charge in [-0.15, -0.1) is 0 Å². The van der Waals surface area contributed by atoms with Gasteiger partial charge in [0.25, 0.3) is 11.8 Å². The Hall–Kier alpha value is -4.20. The lowest BCUT2D eigenvalue weighted by atomic mass is 10.1. The Morgan fingerprint density at radius 2 is 1.28 bits per heavy atom. The predicted octanol–water partition coefficient (Wildman–Crippen LogP) is 4.61. The molecule has 2 N–H and O–H groups in total. The molecule has 0 fully saturated rings. The number of amides is 2. The number of ether oxygens (including phenoxy) is 4. The Balaban J connectivity index is 1.92. The molecule has 0 bridgehead atoms. The summed E-state index contributed by atoms with van der Waals surface area (Å²) in [4.78, 5) is 26.2. The van der Waals surface area contributed by atoms with Crippen LogP contribution in [0.25, 0.3) is 0 Å². The lowest BCUT2D eigenvalue weighted by Crippen LogP contribution is -2.41. The maximum atomic E-state index is 13.1. The predicted molar refractivity (Wildman–Crippen MR) is 137 cm³/mol. The molecule has 0 aromatic heterocycles. The summed E-state index contributed by atoms with van der Waals surface area (Å²) in [6, 6.07) is 18.8. The van der Waals surface area contributed by atoms with Crippen molar-refractivity contribution in [2.24, 2.45) is 5.92 Å². The minimum Gasteiger partial charge on any atom is -0.497 e. The van der Waals surface area contributed by atoms with Gasteiger partial charge in [0, 0.05) is 11.1 Å². The van der Waals surface area contributed by atoms with Crippen LogP contribution in [-0.4, -0.2) is 39.8 Å². The number of hydrogen-bond donors (Lipinski definition) is 2. The summed E-state index contributed by atoms with van der Waals surface area (Å²) >= 11 is 0. The van der Waals surface area contributed by atoms with Crippen LogP contribution in [0.1, 0.15) is 46.3 Å². The topological polar surface area (TPSA) is 95.1 Å². The maximum absolute atomic E-state index is 13.1. The number of carbonyl (C=O) groups excluding carboxylic acids is 2. The van der Waals surface area contributed by atoms with E-state index < -0.39 is 6.17 Å². The highest BCUT2D eigenvalue weighted by Crippen LogP contribution is 2.30. The SMILES string of the molecule is COc1cccc(C(=O)NC(NC(=O)c2cccc(OC)c2)c2ccc(OCC(C)C)c(OC)c2)c1. The van der Waals surface area contributed by atoms with E-state index in [9.17, 15) is 9.59 Å². The summed E-state index contributed by atoms with van der Waals surface area (Å²) in [5.74, 6) is 1.73. The second-order valence-electron chi connectivity index (χ2n) is 8.46. The van der Waals surface area contributed by atoms with E-state index in [4.69, 9.17) is 18.9 Å². The molecule has 0 unspecified atom stereocenters. The van der Waals surface area contributed by atoms with Gasteiger partial charge in [0.15, 0.2) is 11.5 Å². The molecular weight excluding hydrogens is 460 g/mol. The number of hydrogen-bond acceptors (Lipinski definition) is 6. The number of carbonyl (C=O) groups is 2. The average Bonchev–Trinajstić information content (AvgIpc) is 2.91. The quantitative estimate of drug-likeness (QED) is 0.380. The van der Waals surface area contributed by atoms with Crippen molar-refractivity contribution in [1.29, 1.82) is 0 Å². The normalized spacial score (nSPS) is 10.6. The molecule has 0 atom stereocenters. The zero-order chi connectivity index (χ0) is 26.1. The summed E-state index contributed by atoms with van der Waals surface area (Å²) in [6.07, 6.45) is -0.865. The smallest absolute Gasteiger partial charge is 0.253 e. The maximum Gasteiger partial charge on any atom is 0.253 e. The molecule has 0 saturated heterocycles. The van der Waals surface area contributed by atoms with Crippen LogP contribution in [0.15, 0.2) is 66.7 Å². The molecule has 3 rings (SSSR count). The molecule has 3 aromatic rings. The van der Waals surface area contributed by atoms with E-state index >= 15 is 0 Å². The van der Waals surface area contributed by atoms with E-state index in [1.54, 1.807) is 73.8 Å². The molecular formula is C28H32N2O6. The lowest BCUT2D eigenvalue weighted by Gasteiger charge is -2.22. The van der Waals surface area contributed by atoms with Crippen molar-refractivity contribution >= 4 is 11.8 Å². The molecule has 0 saturated carbocycles. The van der Waals surface area contributed by atoms with Gasteiger partial charge in [-0.1, -0.05) is 32.0 Å². The Morgan fingerprint density at radius 3 is 1.75 bits per heavy atom. The van der Waals surface area contributed by atoms with Gasteiger partial charge in [0.05, 0.1) is 27.9 Å². The first kappa shape index (κ1) is 26.4. The monoisotopic (exact) mass is 492 g/mol. The molecule has 0 spiro atoms. The van der Waals surface area contributed by atoms with Crippen LogP contribution in [0.4, 0.5) is 0 Å². The zero-order valence-electron chi connectivity index (χ0n) is 21.2. The largest absolute Gasteiger partial charge is 0.497 e. The van der Waals surface area contributed by atoms with Gasteiger partial charge in [-0.25, -0.2) is 0 Å². The van der Waals surface area contributed by atoms with Crippen molar-refractivity contribution in [2.75, 3.05) is 27.9 Å². The fourth-order valence-corrected chi connectivity index (χ4v) is 3.40. The third-order valence-electron chi connectivity index (χ3n) is 5.31. The first-order valence-corrected chi connectivity index (χ1v) is 11.5. The van der Waals surface area contributed by atoms with E-state index in [0.29, 0.717) is 52.2 Å². The van der Waals surface area contributed by atoms with Gasteiger partial charge in [0.1, 0.15) is 17.7 Å². The summed E-state index contributed by atoms with van der Waals surface area (Å²) in [6.45, 7) is 4.64. The molecule has 190 valence electrons. The second kappa shape index (κ2) is 12.5. The van der Waals surface area contributed by atoms with Crippen LogP contribution in [0.5, 0.6) is 23.0 Å². The van der Waals surface area contributed by atoms with E-state index in [1.165, 1.54) is 14.2 Å². The van der Waals surface area contributed by atoms with E-state index in [1.807, 2.05) is 0 Å². The fraction of sp³-hybridized carbons (Fsp3) is 0.286. The van der Waals surface area contributed by atoms with Crippen molar-refractivity contribution in [2.45, 2.75) is 20.0 Å². The van der Waals surface area contributed by atoms with Crippen molar-refractivity contribution in [3.63, 3.8) is 0 Å². The van der Waals surface area contributed by atoms with Gasteiger partial charge in [-0.05, 0) is 60.0 Å². The van der Waals surface area contributed by atoms with Crippen molar-refractivity contribution in [3.8, 4) is 23.0 Å². The highest BCUT2D eigenvalue weighted by atomic mass is 16.5. The van der Waals surface area contributed by atoms with Crippen LogP contribution in [0, 0.1) is 5.92 Å². The number of nitrogens with one attached hydrogen (secondary N) is 2. The molecule has 0 aliphatic heterocycles. The third-order valence-corrected chi connectivity index (χ3v) is 5.31. The van der Waals surface area contributed by atoms with Gasteiger partial charge in [-0.3, -0.25) is 9.59 Å². The minimum absolute atomic E-state index is 0.339. The molecule has 0 radical (unpaired) electrons. The van der Waals surface area contributed by atoms with E-state index in [2.05, 4.69) is 24.5 Å². The molecule has 8 nitrogen and oxygen atoms in total.